The van der Waals surface area contributed by atoms with Crippen LogP contribution >= 0.6 is 11.3 Å². The van der Waals surface area contributed by atoms with Crippen LogP contribution in [0.1, 0.15) is 38.1 Å². The van der Waals surface area contributed by atoms with Gasteiger partial charge in [-0.05, 0) is 38.0 Å². The third kappa shape index (κ3) is 4.26. The molecule has 2 fully saturated rings. The van der Waals surface area contributed by atoms with E-state index in [0.717, 1.165) is 30.4 Å². The highest BCUT2D eigenvalue weighted by atomic mass is 32.2. The summed E-state index contributed by atoms with van der Waals surface area (Å²) >= 11 is 0.741. The summed E-state index contributed by atoms with van der Waals surface area (Å²) in [5.41, 5.74) is 0. The zero-order valence-corrected chi connectivity index (χ0v) is 16.7. The number of amides is 1. The first kappa shape index (κ1) is 19.5. The zero-order chi connectivity index (χ0) is 19.7. The Morgan fingerprint density at radius 2 is 2.07 bits per heavy atom. The summed E-state index contributed by atoms with van der Waals surface area (Å²) in [6, 6.07) is -0.710. The largest absolute Gasteiger partial charge is 0.381 e. The van der Waals surface area contributed by atoms with E-state index < -0.39 is 21.0 Å². The van der Waals surface area contributed by atoms with Crippen LogP contribution in [0.25, 0.3) is 0 Å². The van der Waals surface area contributed by atoms with Crippen LogP contribution in [0.2, 0.25) is 0 Å². The molecule has 3 heterocycles. The standard InChI is InChI=1S/C17H21FN4O4S2/c18-15-9-19-17(27-15)21-16(23)14(7-11-3-5-26-6-4-11)22-10-13(8-20-22)28(24,25)12-1-2-12/h8-12,14H,1-7H2,(H,19,21,23). The van der Waals surface area contributed by atoms with Crippen molar-refractivity contribution in [2.24, 2.45) is 5.92 Å². The van der Waals surface area contributed by atoms with Crippen LogP contribution in [-0.4, -0.2) is 47.6 Å². The molecule has 1 N–H and O–H groups in total. The number of halogens is 1. The van der Waals surface area contributed by atoms with Gasteiger partial charge in [-0.25, -0.2) is 13.4 Å². The Hall–Kier alpha value is -1.85. The van der Waals surface area contributed by atoms with Gasteiger partial charge in [-0.1, -0.05) is 11.3 Å². The van der Waals surface area contributed by atoms with E-state index >= 15 is 0 Å². The van der Waals surface area contributed by atoms with Gasteiger partial charge in [-0.2, -0.15) is 9.49 Å². The van der Waals surface area contributed by atoms with Crippen molar-refractivity contribution in [1.82, 2.24) is 14.8 Å². The number of ether oxygens (including phenoxy) is 1. The topological polar surface area (TPSA) is 103 Å². The Morgan fingerprint density at radius 1 is 1.32 bits per heavy atom. The van der Waals surface area contributed by atoms with Gasteiger partial charge in [0, 0.05) is 19.4 Å². The van der Waals surface area contributed by atoms with Crippen LogP contribution < -0.4 is 5.32 Å². The van der Waals surface area contributed by atoms with Crippen molar-refractivity contribution < 1.29 is 22.3 Å². The zero-order valence-electron chi connectivity index (χ0n) is 15.1. The Kier molecular flexibility index (Phi) is 5.48. The Morgan fingerprint density at radius 3 is 2.71 bits per heavy atom. The molecule has 1 saturated carbocycles. The lowest BCUT2D eigenvalue weighted by Crippen LogP contribution is -2.30. The summed E-state index contributed by atoms with van der Waals surface area (Å²) in [4.78, 5) is 16.9. The number of thiazole rings is 1. The fourth-order valence-corrected chi connectivity index (χ4v) is 5.48. The minimum atomic E-state index is -3.39. The second-order valence-electron chi connectivity index (χ2n) is 7.17. The van der Waals surface area contributed by atoms with Crippen LogP contribution in [0.5, 0.6) is 0 Å². The number of hydrogen-bond donors (Lipinski definition) is 1. The maximum Gasteiger partial charge on any atom is 0.251 e. The summed E-state index contributed by atoms with van der Waals surface area (Å²) in [6.45, 7) is 1.27. The van der Waals surface area contributed by atoms with Crippen molar-refractivity contribution in [1.29, 1.82) is 0 Å². The van der Waals surface area contributed by atoms with Gasteiger partial charge in [0.05, 0.1) is 17.6 Å². The second kappa shape index (κ2) is 7.88. The Balaban J connectivity index is 1.56. The molecule has 2 aromatic rings. The molecule has 8 nitrogen and oxygen atoms in total. The van der Waals surface area contributed by atoms with Gasteiger partial charge < -0.3 is 10.1 Å². The van der Waals surface area contributed by atoms with Gasteiger partial charge in [0.15, 0.2) is 20.1 Å². The minimum Gasteiger partial charge on any atom is -0.381 e. The van der Waals surface area contributed by atoms with E-state index in [1.807, 2.05) is 0 Å². The molecule has 1 amide bonds. The van der Waals surface area contributed by atoms with Gasteiger partial charge in [0.2, 0.25) is 0 Å². The van der Waals surface area contributed by atoms with Gasteiger partial charge in [-0.15, -0.1) is 0 Å². The molecule has 2 aliphatic rings. The minimum absolute atomic E-state index is 0.139. The summed E-state index contributed by atoms with van der Waals surface area (Å²) in [5, 5.41) is 6.13. The summed E-state index contributed by atoms with van der Waals surface area (Å²) in [6.07, 6.45) is 7.24. The summed E-state index contributed by atoms with van der Waals surface area (Å²) in [7, 11) is -3.39. The molecule has 1 unspecified atom stereocenters. The summed E-state index contributed by atoms with van der Waals surface area (Å²) < 4.78 is 44.9. The summed E-state index contributed by atoms with van der Waals surface area (Å²) in [5.74, 6) is -0.135. The average molecular weight is 429 g/mol. The van der Waals surface area contributed by atoms with E-state index in [1.165, 1.54) is 17.1 Å². The lowest BCUT2D eigenvalue weighted by Gasteiger charge is -2.26. The number of nitrogens with zero attached hydrogens (tertiary/aromatic N) is 3. The lowest BCUT2D eigenvalue weighted by atomic mass is 9.92. The second-order valence-corrected chi connectivity index (χ2v) is 10.4. The molecule has 0 aromatic carbocycles. The molecule has 0 radical (unpaired) electrons. The highest BCUT2D eigenvalue weighted by molar-refractivity contribution is 7.92. The first-order valence-corrected chi connectivity index (χ1v) is 11.6. The number of nitrogens with one attached hydrogen (secondary N) is 1. The number of rotatable bonds is 7. The van der Waals surface area contributed by atoms with Crippen molar-refractivity contribution in [2.45, 2.75) is 48.3 Å². The molecule has 11 heteroatoms. The lowest BCUT2D eigenvalue weighted by molar-refractivity contribution is -0.120. The van der Waals surface area contributed by atoms with E-state index in [-0.39, 0.29) is 27.1 Å². The molecule has 4 rings (SSSR count). The molecule has 28 heavy (non-hydrogen) atoms. The molecule has 152 valence electrons. The van der Waals surface area contributed by atoms with E-state index in [2.05, 4.69) is 15.4 Å². The van der Waals surface area contributed by atoms with E-state index in [9.17, 15) is 17.6 Å². The molecule has 1 saturated heterocycles. The van der Waals surface area contributed by atoms with Crippen molar-refractivity contribution in [3.05, 3.63) is 23.7 Å². The quantitative estimate of drug-likeness (QED) is 0.726. The number of carbonyl (C=O) groups excluding carboxylic acids is 1. The monoisotopic (exact) mass is 428 g/mol. The van der Waals surface area contributed by atoms with E-state index in [0.29, 0.717) is 32.5 Å². The molecule has 0 bridgehead atoms. The van der Waals surface area contributed by atoms with Crippen molar-refractivity contribution in [2.75, 3.05) is 18.5 Å². The van der Waals surface area contributed by atoms with Gasteiger partial charge >= 0.3 is 0 Å². The number of sulfone groups is 1. The SMILES string of the molecule is O=C(Nc1ncc(F)s1)C(CC1CCOCC1)n1cc(S(=O)(=O)C2CC2)cn1. The number of hydrogen-bond acceptors (Lipinski definition) is 7. The molecule has 1 aliphatic carbocycles. The first-order chi connectivity index (χ1) is 13.4. The number of carbonyl (C=O) groups is 1. The van der Waals surface area contributed by atoms with Crippen LogP contribution in [0, 0.1) is 11.0 Å². The normalized spacial score (nSPS) is 19.5. The maximum absolute atomic E-state index is 13.2. The Bertz CT molecular complexity index is 948. The van der Waals surface area contributed by atoms with Crippen molar-refractivity contribution >= 4 is 32.2 Å². The first-order valence-electron chi connectivity index (χ1n) is 9.21. The maximum atomic E-state index is 13.2. The van der Waals surface area contributed by atoms with E-state index in [4.69, 9.17) is 4.74 Å². The van der Waals surface area contributed by atoms with E-state index in [1.54, 1.807) is 0 Å². The van der Waals surface area contributed by atoms with Gasteiger partial charge in [-0.3, -0.25) is 9.48 Å². The molecule has 1 aliphatic heterocycles. The molecule has 0 spiro atoms. The fourth-order valence-electron chi connectivity index (χ4n) is 3.34. The Labute approximate surface area is 166 Å². The van der Waals surface area contributed by atoms with Crippen molar-refractivity contribution in [3.8, 4) is 0 Å². The van der Waals surface area contributed by atoms with Crippen LogP contribution in [-0.2, 0) is 19.4 Å². The van der Waals surface area contributed by atoms with Gasteiger partial charge in [0.25, 0.3) is 5.91 Å². The van der Waals surface area contributed by atoms with Crippen molar-refractivity contribution in [3.63, 3.8) is 0 Å². The predicted octanol–water partition coefficient (Wildman–Crippen LogP) is 2.41. The van der Waals surface area contributed by atoms with Crippen LogP contribution in [0.15, 0.2) is 23.5 Å². The molecule has 2 aromatic heterocycles. The van der Waals surface area contributed by atoms with Crippen LogP contribution in [0.3, 0.4) is 0 Å². The number of aromatic nitrogens is 3. The molecular weight excluding hydrogens is 407 g/mol. The predicted molar refractivity (Wildman–Crippen MR) is 100 cm³/mol. The fraction of sp³-hybridized carbons (Fsp3) is 0.588. The molecular formula is C17H21FN4O4S2. The third-order valence-electron chi connectivity index (χ3n) is 5.10. The van der Waals surface area contributed by atoms with Crippen LogP contribution in [0.4, 0.5) is 9.52 Å². The smallest absolute Gasteiger partial charge is 0.251 e. The molecule has 1 atom stereocenters. The highest BCUT2D eigenvalue weighted by Gasteiger charge is 2.38. The highest BCUT2D eigenvalue weighted by Crippen LogP contribution is 2.34. The average Bonchev–Trinajstić information content (AvgIpc) is 3.30. The van der Waals surface area contributed by atoms with Gasteiger partial charge in [0.1, 0.15) is 10.9 Å². The number of anilines is 1. The third-order valence-corrected chi connectivity index (χ3v) is 8.01.